The molecule has 5 nitrogen and oxygen atoms in total. The Morgan fingerprint density at radius 1 is 1.47 bits per heavy atom. The number of hydrazine groups is 1. The minimum Gasteiger partial charge on any atom is -0.382 e. The van der Waals surface area contributed by atoms with E-state index in [9.17, 15) is 0 Å². The standard InChI is InChI=1S/C14H17N5/c1-2-9-7-12(14(15)17-18-16)11-5-6-19(10-3-4-10)13(11)8-9/h2,5-8,10,18H,1,3-4,16H2,(H2,15,17). The van der Waals surface area contributed by atoms with Crippen molar-refractivity contribution in [1.29, 1.82) is 0 Å². The molecule has 0 atom stereocenters. The number of nitrogens with zero attached hydrogens (tertiary/aromatic N) is 2. The first kappa shape index (κ1) is 11.8. The zero-order chi connectivity index (χ0) is 13.4. The van der Waals surface area contributed by atoms with Crippen molar-refractivity contribution in [3.05, 3.63) is 42.1 Å². The van der Waals surface area contributed by atoms with E-state index in [-0.39, 0.29) is 0 Å². The van der Waals surface area contributed by atoms with Crippen LogP contribution in [0.15, 0.2) is 36.1 Å². The normalized spacial score (nSPS) is 15.7. The van der Waals surface area contributed by atoms with Gasteiger partial charge in [-0.3, -0.25) is 0 Å². The summed E-state index contributed by atoms with van der Waals surface area (Å²) in [4.78, 5) is 0. The molecular formula is C14H17N5. The predicted molar refractivity (Wildman–Crippen MR) is 78.3 cm³/mol. The molecule has 19 heavy (non-hydrogen) atoms. The van der Waals surface area contributed by atoms with E-state index in [0.717, 1.165) is 16.5 Å². The maximum absolute atomic E-state index is 5.96. The lowest BCUT2D eigenvalue weighted by molar-refractivity contribution is 0.776. The molecule has 2 aromatic rings. The second-order valence-electron chi connectivity index (χ2n) is 4.79. The summed E-state index contributed by atoms with van der Waals surface area (Å²) >= 11 is 0. The van der Waals surface area contributed by atoms with Crippen LogP contribution in [0, 0.1) is 0 Å². The van der Waals surface area contributed by atoms with Crippen LogP contribution in [0.25, 0.3) is 17.0 Å². The minimum absolute atomic E-state index is 0.379. The van der Waals surface area contributed by atoms with Gasteiger partial charge in [-0.1, -0.05) is 12.7 Å². The lowest BCUT2D eigenvalue weighted by Gasteiger charge is -2.08. The molecule has 1 fully saturated rings. The lowest BCUT2D eigenvalue weighted by atomic mass is 10.0. The molecule has 0 saturated heterocycles. The fourth-order valence-electron chi connectivity index (χ4n) is 2.41. The van der Waals surface area contributed by atoms with Crippen LogP contribution in [0.1, 0.15) is 30.0 Å². The molecule has 98 valence electrons. The zero-order valence-corrected chi connectivity index (χ0v) is 10.6. The smallest absolute Gasteiger partial charge is 0.152 e. The Labute approximate surface area is 111 Å². The van der Waals surface area contributed by atoms with Gasteiger partial charge in [-0.15, -0.1) is 5.10 Å². The van der Waals surface area contributed by atoms with Gasteiger partial charge in [0.1, 0.15) is 0 Å². The summed E-state index contributed by atoms with van der Waals surface area (Å²) in [5, 5.41) is 4.96. The molecule has 5 heteroatoms. The van der Waals surface area contributed by atoms with Crippen molar-refractivity contribution < 1.29 is 0 Å². The van der Waals surface area contributed by atoms with Gasteiger partial charge in [0.25, 0.3) is 0 Å². The highest BCUT2D eigenvalue weighted by Crippen LogP contribution is 2.38. The average Bonchev–Trinajstić information content (AvgIpc) is 3.17. The number of amidine groups is 1. The van der Waals surface area contributed by atoms with Gasteiger partial charge in [0.05, 0.1) is 0 Å². The third kappa shape index (κ3) is 1.98. The molecule has 0 spiro atoms. The molecular weight excluding hydrogens is 238 g/mol. The highest BCUT2D eigenvalue weighted by atomic mass is 15.5. The van der Waals surface area contributed by atoms with E-state index in [0.29, 0.717) is 11.9 Å². The number of nitrogens with two attached hydrogens (primary N) is 2. The van der Waals surface area contributed by atoms with E-state index in [1.165, 1.54) is 18.4 Å². The van der Waals surface area contributed by atoms with Crippen molar-refractivity contribution in [2.45, 2.75) is 18.9 Å². The monoisotopic (exact) mass is 255 g/mol. The third-order valence-electron chi connectivity index (χ3n) is 3.50. The maximum atomic E-state index is 5.96. The van der Waals surface area contributed by atoms with Crippen molar-refractivity contribution in [2.24, 2.45) is 16.7 Å². The van der Waals surface area contributed by atoms with Gasteiger partial charge < -0.3 is 10.3 Å². The number of fused-ring (bicyclic) bond motifs is 1. The Balaban J connectivity index is 2.25. The van der Waals surface area contributed by atoms with Gasteiger partial charge in [0.2, 0.25) is 0 Å². The van der Waals surface area contributed by atoms with Gasteiger partial charge in [-0.25, -0.2) is 11.4 Å². The van der Waals surface area contributed by atoms with Gasteiger partial charge in [0.15, 0.2) is 5.84 Å². The first-order chi connectivity index (χ1) is 9.24. The molecule has 0 unspecified atom stereocenters. The van der Waals surface area contributed by atoms with Crippen molar-refractivity contribution in [1.82, 2.24) is 10.1 Å². The number of benzene rings is 1. The number of rotatable bonds is 4. The van der Waals surface area contributed by atoms with E-state index in [1.807, 2.05) is 12.1 Å². The van der Waals surface area contributed by atoms with E-state index in [4.69, 9.17) is 11.6 Å². The highest BCUT2D eigenvalue weighted by Gasteiger charge is 2.25. The molecule has 1 heterocycles. The summed E-state index contributed by atoms with van der Waals surface area (Å²) in [5.74, 6) is 5.58. The van der Waals surface area contributed by atoms with Crippen LogP contribution in [-0.2, 0) is 0 Å². The van der Waals surface area contributed by atoms with Crippen LogP contribution >= 0.6 is 0 Å². The Morgan fingerprint density at radius 2 is 2.26 bits per heavy atom. The summed E-state index contributed by atoms with van der Waals surface area (Å²) in [5.41, 5.74) is 11.3. The molecule has 1 aromatic heterocycles. The van der Waals surface area contributed by atoms with E-state index >= 15 is 0 Å². The fourth-order valence-corrected chi connectivity index (χ4v) is 2.41. The summed E-state index contributed by atoms with van der Waals surface area (Å²) in [6, 6.07) is 6.81. The molecule has 0 aliphatic heterocycles. The first-order valence-electron chi connectivity index (χ1n) is 6.30. The fraction of sp³-hybridized carbons (Fsp3) is 0.214. The number of nitrogens with one attached hydrogen (secondary N) is 1. The number of hydrogen-bond donors (Lipinski definition) is 3. The van der Waals surface area contributed by atoms with Crippen molar-refractivity contribution in [3.63, 3.8) is 0 Å². The average molecular weight is 255 g/mol. The molecule has 0 radical (unpaired) electrons. The van der Waals surface area contributed by atoms with E-state index in [1.54, 1.807) is 0 Å². The number of aromatic nitrogens is 1. The molecule has 1 aliphatic carbocycles. The van der Waals surface area contributed by atoms with Gasteiger partial charge in [0, 0.05) is 28.7 Å². The highest BCUT2D eigenvalue weighted by molar-refractivity contribution is 6.09. The van der Waals surface area contributed by atoms with E-state index in [2.05, 4.69) is 40.1 Å². The van der Waals surface area contributed by atoms with E-state index < -0.39 is 0 Å². The van der Waals surface area contributed by atoms with Gasteiger partial charge in [-0.05, 0) is 36.6 Å². The Hall–Kier alpha value is -2.27. The largest absolute Gasteiger partial charge is 0.382 e. The molecule has 1 aliphatic rings. The number of hydrogen-bond acceptors (Lipinski definition) is 3. The second kappa shape index (κ2) is 4.44. The second-order valence-corrected chi connectivity index (χ2v) is 4.79. The topological polar surface area (TPSA) is 81.4 Å². The van der Waals surface area contributed by atoms with Crippen LogP contribution in [0.4, 0.5) is 0 Å². The van der Waals surface area contributed by atoms with Crippen LogP contribution < -0.4 is 17.1 Å². The molecule has 3 rings (SSSR count). The molecule has 1 aromatic carbocycles. The minimum atomic E-state index is 0.379. The molecule has 5 N–H and O–H groups in total. The van der Waals surface area contributed by atoms with Crippen LogP contribution in [0.3, 0.4) is 0 Å². The molecule has 1 saturated carbocycles. The number of hydrazone groups is 1. The Bertz CT molecular complexity index is 664. The SMILES string of the molecule is C=Cc1cc(/C(N)=N/NN)c2ccn(C3CC3)c2c1. The first-order valence-corrected chi connectivity index (χ1v) is 6.30. The lowest BCUT2D eigenvalue weighted by Crippen LogP contribution is -2.23. The molecule has 0 amide bonds. The predicted octanol–water partition coefficient (Wildman–Crippen LogP) is 1.70. The van der Waals surface area contributed by atoms with Crippen molar-refractivity contribution in [3.8, 4) is 0 Å². The third-order valence-corrected chi connectivity index (χ3v) is 3.50. The molecule has 0 bridgehead atoms. The zero-order valence-electron chi connectivity index (χ0n) is 10.6. The quantitative estimate of drug-likeness (QED) is 0.336. The van der Waals surface area contributed by atoms with Crippen molar-refractivity contribution in [2.75, 3.05) is 0 Å². The van der Waals surface area contributed by atoms with Crippen molar-refractivity contribution >= 4 is 22.8 Å². The maximum Gasteiger partial charge on any atom is 0.152 e. The van der Waals surface area contributed by atoms with Crippen LogP contribution in [-0.4, -0.2) is 10.4 Å². The van der Waals surface area contributed by atoms with Crippen LogP contribution in [0.5, 0.6) is 0 Å². The summed E-state index contributed by atoms with van der Waals surface area (Å²) in [7, 11) is 0. The summed E-state index contributed by atoms with van der Waals surface area (Å²) in [6.45, 7) is 3.83. The van der Waals surface area contributed by atoms with Gasteiger partial charge in [-0.2, -0.15) is 0 Å². The van der Waals surface area contributed by atoms with Crippen LogP contribution in [0.2, 0.25) is 0 Å². The Kier molecular flexibility index (Phi) is 2.76. The Morgan fingerprint density at radius 3 is 2.89 bits per heavy atom. The van der Waals surface area contributed by atoms with Gasteiger partial charge >= 0.3 is 0 Å². The summed E-state index contributed by atoms with van der Waals surface area (Å²) < 4.78 is 2.30. The summed E-state index contributed by atoms with van der Waals surface area (Å²) in [6.07, 6.45) is 6.41.